The van der Waals surface area contributed by atoms with Crippen LogP contribution in [-0.2, 0) is 11.2 Å². The number of hydrogen-bond acceptors (Lipinski definition) is 4. The van der Waals surface area contributed by atoms with Gasteiger partial charge in [-0.2, -0.15) is 10.2 Å². The Morgan fingerprint density at radius 3 is 2.52 bits per heavy atom. The SMILES string of the molecule is O=C(CCc1ccccc1)NN=Cc1cn(-c2ccccc2)nc1-c1cccs1. The predicted molar refractivity (Wildman–Crippen MR) is 117 cm³/mol. The Kier molecular flexibility index (Phi) is 5.92. The van der Waals surface area contributed by atoms with Gasteiger partial charge in [0.25, 0.3) is 0 Å². The second-order valence-electron chi connectivity index (χ2n) is 6.47. The molecule has 0 aliphatic heterocycles. The number of nitrogens with one attached hydrogen (secondary N) is 1. The predicted octanol–water partition coefficient (Wildman–Crippen LogP) is 4.68. The molecule has 0 bridgehead atoms. The van der Waals surface area contributed by atoms with E-state index in [-0.39, 0.29) is 5.91 Å². The van der Waals surface area contributed by atoms with Crippen LogP contribution in [0.3, 0.4) is 0 Å². The highest BCUT2D eigenvalue weighted by Gasteiger charge is 2.12. The number of aryl methyl sites for hydroxylation is 1. The van der Waals surface area contributed by atoms with Crippen LogP contribution in [0, 0.1) is 0 Å². The van der Waals surface area contributed by atoms with Gasteiger partial charge in [0.15, 0.2) is 0 Å². The van der Waals surface area contributed by atoms with Crippen molar-refractivity contribution >= 4 is 23.5 Å². The normalized spacial score (nSPS) is 11.0. The van der Waals surface area contributed by atoms with Gasteiger partial charge in [0.05, 0.1) is 16.8 Å². The summed E-state index contributed by atoms with van der Waals surface area (Å²) in [6, 6.07) is 23.9. The lowest BCUT2D eigenvalue weighted by molar-refractivity contribution is -0.121. The summed E-state index contributed by atoms with van der Waals surface area (Å²) in [6.07, 6.45) is 4.66. The Labute approximate surface area is 173 Å². The van der Waals surface area contributed by atoms with Crippen molar-refractivity contribution in [1.82, 2.24) is 15.2 Å². The number of carbonyl (C=O) groups excluding carboxylic acids is 1. The molecule has 0 unspecified atom stereocenters. The van der Waals surface area contributed by atoms with E-state index in [0.29, 0.717) is 12.8 Å². The Hall–Kier alpha value is -3.51. The first-order valence-corrected chi connectivity index (χ1v) is 10.2. The van der Waals surface area contributed by atoms with E-state index < -0.39 is 0 Å². The third-order valence-electron chi connectivity index (χ3n) is 4.39. The van der Waals surface area contributed by atoms with Gasteiger partial charge in [-0.1, -0.05) is 54.6 Å². The van der Waals surface area contributed by atoms with Gasteiger partial charge < -0.3 is 0 Å². The number of aromatic nitrogens is 2. The molecule has 144 valence electrons. The van der Waals surface area contributed by atoms with Crippen LogP contribution in [0.15, 0.2) is 89.5 Å². The van der Waals surface area contributed by atoms with E-state index in [9.17, 15) is 4.79 Å². The first-order valence-electron chi connectivity index (χ1n) is 9.34. The number of amides is 1. The third kappa shape index (κ3) is 4.86. The molecule has 0 aliphatic rings. The molecule has 0 saturated heterocycles. The molecule has 2 aromatic heterocycles. The first-order chi connectivity index (χ1) is 14.3. The maximum Gasteiger partial charge on any atom is 0.240 e. The molecule has 6 heteroatoms. The standard InChI is InChI=1S/C23H20N4OS/c28-22(14-13-18-8-3-1-4-9-18)25-24-16-19-17-27(20-10-5-2-6-11-20)26-23(19)21-12-7-15-29-21/h1-12,15-17H,13-14H2,(H,25,28). The average Bonchev–Trinajstić information content (AvgIpc) is 3.44. The number of thiophene rings is 1. The van der Waals surface area contributed by atoms with Crippen molar-refractivity contribution in [3.05, 3.63) is 95.5 Å². The topological polar surface area (TPSA) is 59.3 Å². The number of hydrazone groups is 1. The van der Waals surface area contributed by atoms with Gasteiger partial charge in [0.2, 0.25) is 5.91 Å². The quantitative estimate of drug-likeness (QED) is 0.362. The summed E-state index contributed by atoms with van der Waals surface area (Å²) in [5.74, 6) is -0.113. The van der Waals surface area contributed by atoms with Crippen LogP contribution >= 0.6 is 11.3 Å². The van der Waals surface area contributed by atoms with Gasteiger partial charge >= 0.3 is 0 Å². The number of para-hydroxylation sites is 1. The molecule has 0 radical (unpaired) electrons. The van der Waals surface area contributed by atoms with Gasteiger partial charge in [-0.25, -0.2) is 10.1 Å². The average molecular weight is 401 g/mol. The van der Waals surface area contributed by atoms with Gasteiger partial charge in [0.1, 0.15) is 5.69 Å². The van der Waals surface area contributed by atoms with Crippen molar-refractivity contribution < 1.29 is 4.79 Å². The van der Waals surface area contributed by atoms with Crippen LogP contribution < -0.4 is 5.43 Å². The van der Waals surface area contributed by atoms with Gasteiger partial charge in [0, 0.05) is 18.2 Å². The van der Waals surface area contributed by atoms with Crippen molar-refractivity contribution in [3.63, 3.8) is 0 Å². The zero-order valence-corrected chi connectivity index (χ0v) is 16.5. The van der Waals surface area contributed by atoms with Crippen molar-refractivity contribution in [2.45, 2.75) is 12.8 Å². The Bertz CT molecular complexity index is 1090. The van der Waals surface area contributed by atoms with E-state index in [2.05, 4.69) is 10.5 Å². The van der Waals surface area contributed by atoms with Gasteiger partial charge in [-0.05, 0) is 35.6 Å². The number of benzene rings is 2. The van der Waals surface area contributed by atoms with E-state index in [1.807, 2.05) is 89.1 Å². The Balaban J connectivity index is 1.47. The van der Waals surface area contributed by atoms with Crippen LogP contribution in [0.1, 0.15) is 17.5 Å². The van der Waals surface area contributed by atoms with E-state index in [1.165, 1.54) is 0 Å². The highest BCUT2D eigenvalue weighted by molar-refractivity contribution is 7.13. The fourth-order valence-corrected chi connectivity index (χ4v) is 3.66. The number of nitrogens with zero attached hydrogens (tertiary/aromatic N) is 3. The molecule has 4 aromatic rings. The zero-order chi connectivity index (χ0) is 19.9. The minimum absolute atomic E-state index is 0.113. The number of rotatable bonds is 7. The van der Waals surface area contributed by atoms with Crippen LogP contribution in [0.5, 0.6) is 0 Å². The van der Waals surface area contributed by atoms with Crippen molar-refractivity contribution in [2.75, 3.05) is 0 Å². The summed E-state index contributed by atoms with van der Waals surface area (Å²) in [5, 5.41) is 10.9. The molecule has 4 rings (SSSR count). The molecule has 2 heterocycles. The van der Waals surface area contributed by atoms with Crippen molar-refractivity contribution in [1.29, 1.82) is 0 Å². The number of hydrogen-bond donors (Lipinski definition) is 1. The minimum Gasteiger partial charge on any atom is -0.273 e. The van der Waals surface area contributed by atoms with Crippen LogP contribution in [0.2, 0.25) is 0 Å². The van der Waals surface area contributed by atoms with Crippen LogP contribution in [0.25, 0.3) is 16.3 Å². The molecule has 2 aromatic carbocycles. The lowest BCUT2D eigenvalue weighted by Gasteiger charge is -2.00. The largest absolute Gasteiger partial charge is 0.273 e. The van der Waals surface area contributed by atoms with Crippen LogP contribution in [0.4, 0.5) is 0 Å². The van der Waals surface area contributed by atoms with Crippen molar-refractivity contribution in [3.8, 4) is 16.3 Å². The second kappa shape index (κ2) is 9.12. The third-order valence-corrected chi connectivity index (χ3v) is 5.27. The zero-order valence-electron chi connectivity index (χ0n) is 15.7. The van der Waals surface area contributed by atoms with Gasteiger partial charge in [-0.15, -0.1) is 11.3 Å². The van der Waals surface area contributed by atoms with Gasteiger partial charge in [-0.3, -0.25) is 4.79 Å². The Morgan fingerprint density at radius 2 is 1.79 bits per heavy atom. The van der Waals surface area contributed by atoms with E-state index >= 15 is 0 Å². The van der Waals surface area contributed by atoms with Crippen LogP contribution in [-0.4, -0.2) is 21.9 Å². The van der Waals surface area contributed by atoms with Crippen molar-refractivity contribution in [2.24, 2.45) is 5.10 Å². The summed E-state index contributed by atoms with van der Waals surface area (Å²) in [6.45, 7) is 0. The molecule has 29 heavy (non-hydrogen) atoms. The molecule has 1 N–H and O–H groups in total. The highest BCUT2D eigenvalue weighted by atomic mass is 32.1. The summed E-state index contributed by atoms with van der Waals surface area (Å²) < 4.78 is 1.83. The molecule has 0 atom stereocenters. The molecule has 1 amide bonds. The molecule has 0 aliphatic carbocycles. The van der Waals surface area contributed by atoms with E-state index in [0.717, 1.165) is 27.4 Å². The summed E-state index contributed by atoms with van der Waals surface area (Å²) in [4.78, 5) is 13.2. The molecule has 0 fully saturated rings. The molecular weight excluding hydrogens is 380 g/mol. The minimum atomic E-state index is -0.113. The maximum atomic E-state index is 12.1. The monoisotopic (exact) mass is 400 g/mol. The maximum absolute atomic E-state index is 12.1. The highest BCUT2D eigenvalue weighted by Crippen LogP contribution is 2.26. The molecule has 5 nitrogen and oxygen atoms in total. The lowest BCUT2D eigenvalue weighted by Crippen LogP contribution is -2.17. The lowest BCUT2D eigenvalue weighted by atomic mass is 10.1. The van der Waals surface area contributed by atoms with E-state index in [4.69, 9.17) is 5.10 Å². The fourth-order valence-electron chi connectivity index (χ4n) is 2.93. The summed E-state index contributed by atoms with van der Waals surface area (Å²) >= 11 is 1.62. The first kappa shape index (κ1) is 18.8. The second-order valence-corrected chi connectivity index (χ2v) is 7.42. The molecule has 0 saturated carbocycles. The summed E-state index contributed by atoms with van der Waals surface area (Å²) in [5.41, 5.74) is 6.41. The molecular formula is C23H20N4OS. The fraction of sp³-hybridized carbons (Fsp3) is 0.0870. The Morgan fingerprint density at radius 1 is 1.03 bits per heavy atom. The number of carbonyl (C=O) groups is 1. The molecule has 0 spiro atoms. The summed E-state index contributed by atoms with van der Waals surface area (Å²) in [7, 11) is 0. The van der Waals surface area contributed by atoms with E-state index in [1.54, 1.807) is 17.6 Å². The smallest absolute Gasteiger partial charge is 0.240 e.